The number of nitrogens with zero attached hydrogens (tertiary/aromatic N) is 2. The fraction of sp³-hybridized carbons (Fsp3) is 0.0833. The first-order chi connectivity index (χ1) is 17.2. The maximum Gasteiger partial charge on any atom is 0.339 e. The number of carbonyl (C=O) groups excluding carboxylic acids is 2. The predicted molar refractivity (Wildman–Crippen MR) is 132 cm³/mol. The molecule has 1 aliphatic rings. The van der Waals surface area contributed by atoms with E-state index in [-0.39, 0.29) is 34.4 Å². The molecule has 3 aromatic carbocycles. The second kappa shape index (κ2) is 10.6. The van der Waals surface area contributed by atoms with Crippen molar-refractivity contribution in [3.05, 3.63) is 99.4 Å². The zero-order valence-corrected chi connectivity index (χ0v) is 20.1. The summed E-state index contributed by atoms with van der Waals surface area (Å²) in [5.74, 6) is 0.206. The Morgan fingerprint density at radius 3 is 2.22 bits per heavy atom. The summed E-state index contributed by atoms with van der Waals surface area (Å²) in [5, 5.41) is 10.3. The predicted octanol–water partition coefficient (Wildman–Crippen LogP) is 4.48. The van der Waals surface area contributed by atoms with E-state index < -0.39 is 26.2 Å². The van der Waals surface area contributed by atoms with Gasteiger partial charge in [0.15, 0.2) is 0 Å². The number of hydrogen-bond donors (Lipinski definition) is 0. The first-order valence-electron chi connectivity index (χ1n) is 10.5. The highest BCUT2D eigenvalue weighted by Gasteiger charge is 2.34. The van der Waals surface area contributed by atoms with E-state index in [4.69, 9.17) is 8.92 Å². The average Bonchev–Trinajstić information content (AvgIpc) is 3.13. The van der Waals surface area contributed by atoms with Gasteiger partial charge in [-0.2, -0.15) is 8.42 Å². The van der Waals surface area contributed by atoms with Crippen molar-refractivity contribution in [3.8, 4) is 11.5 Å². The highest BCUT2D eigenvalue weighted by atomic mass is 32.2. The van der Waals surface area contributed by atoms with Gasteiger partial charge >= 0.3 is 10.1 Å². The topological polar surface area (TPSA) is 133 Å². The minimum atomic E-state index is -4.20. The van der Waals surface area contributed by atoms with Crippen molar-refractivity contribution in [2.75, 3.05) is 13.2 Å². The summed E-state index contributed by atoms with van der Waals surface area (Å²) >= 11 is 0.805. The number of ether oxygens (including phenoxy) is 1. The van der Waals surface area contributed by atoms with Gasteiger partial charge in [0, 0.05) is 12.1 Å². The van der Waals surface area contributed by atoms with Crippen LogP contribution in [-0.2, 0) is 14.9 Å². The highest BCUT2D eigenvalue weighted by molar-refractivity contribution is 8.18. The monoisotopic (exact) mass is 526 g/mol. The molecule has 1 heterocycles. The van der Waals surface area contributed by atoms with Crippen LogP contribution in [0.1, 0.15) is 5.56 Å². The number of imide groups is 1. The molecule has 184 valence electrons. The van der Waals surface area contributed by atoms with Gasteiger partial charge < -0.3 is 8.92 Å². The van der Waals surface area contributed by atoms with Crippen molar-refractivity contribution in [1.29, 1.82) is 0 Å². The van der Waals surface area contributed by atoms with E-state index >= 15 is 0 Å². The number of hydrogen-bond acceptors (Lipinski definition) is 9. The quantitative estimate of drug-likeness (QED) is 0.171. The number of nitro groups is 1. The van der Waals surface area contributed by atoms with Crippen molar-refractivity contribution < 1.29 is 31.9 Å². The van der Waals surface area contributed by atoms with E-state index in [0.717, 1.165) is 40.9 Å². The number of amides is 2. The van der Waals surface area contributed by atoms with E-state index in [1.807, 2.05) is 18.2 Å². The maximum atomic E-state index is 12.7. The summed E-state index contributed by atoms with van der Waals surface area (Å²) in [7, 11) is -4.20. The molecule has 10 nitrogen and oxygen atoms in total. The molecule has 0 spiro atoms. The second-order valence-electron chi connectivity index (χ2n) is 7.35. The molecule has 0 bridgehead atoms. The van der Waals surface area contributed by atoms with Gasteiger partial charge in [-0.15, -0.1) is 0 Å². The van der Waals surface area contributed by atoms with Crippen LogP contribution in [-0.4, -0.2) is 42.5 Å². The normalized spacial score (nSPS) is 14.8. The zero-order chi connectivity index (χ0) is 25.7. The Kier molecular flexibility index (Phi) is 7.36. The van der Waals surface area contributed by atoms with Crippen molar-refractivity contribution in [2.24, 2.45) is 0 Å². The first-order valence-corrected chi connectivity index (χ1v) is 12.7. The van der Waals surface area contributed by atoms with E-state index in [9.17, 15) is 28.1 Å². The molecule has 2 amide bonds. The highest BCUT2D eigenvalue weighted by Crippen LogP contribution is 2.32. The summed E-state index contributed by atoms with van der Waals surface area (Å²) in [6.07, 6.45) is 1.53. The molecule has 0 N–H and O–H groups in total. The lowest BCUT2D eigenvalue weighted by molar-refractivity contribution is -0.384. The largest absolute Gasteiger partial charge is 0.492 e. The Labute approximate surface area is 210 Å². The number of nitro benzene ring substituents is 1. The van der Waals surface area contributed by atoms with Gasteiger partial charge in [-0.05, 0) is 59.8 Å². The van der Waals surface area contributed by atoms with Crippen LogP contribution in [0.3, 0.4) is 0 Å². The van der Waals surface area contributed by atoms with Crippen LogP contribution in [0, 0.1) is 10.1 Å². The molecular weight excluding hydrogens is 508 g/mol. The lowest BCUT2D eigenvalue weighted by Gasteiger charge is -2.13. The average molecular weight is 527 g/mol. The van der Waals surface area contributed by atoms with Crippen molar-refractivity contribution in [2.45, 2.75) is 4.90 Å². The zero-order valence-electron chi connectivity index (χ0n) is 18.5. The van der Waals surface area contributed by atoms with Crippen LogP contribution < -0.4 is 8.92 Å². The number of benzene rings is 3. The SMILES string of the molecule is O=C1S/C(=C\c2ccc(OS(=O)(=O)c3ccc([N+](=O)[O-])cc3)cc2)C(=O)N1CCOc1ccccc1. The summed E-state index contributed by atoms with van der Waals surface area (Å²) in [6.45, 7) is 0.259. The standard InChI is InChI=1S/C24H18N2O8S2/c27-23-22(35-24(28)25(23)14-15-33-19-4-2-1-3-5-19)16-17-6-10-20(11-7-17)34-36(31,32)21-12-8-18(9-13-21)26(29)30/h1-13,16H,14-15H2/b22-16-. The first kappa shape index (κ1) is 24.9. The molecule has 1 fully saturated rings. The number of rotatable bonds is 9. The molecule has 0 atom stereocenters. The van der Waals surface area contributed by atoms with Crippen molar-refractivity contribution >= 4 is 44.8 Å². The molecular formula is C24H18N2O8S2. The summed E-state index contributed by atoms with van der Waals surface area (Å²) in [4.78, 5) is 36.1. The molecule has 4 rings (SSSR count). The Hall–Kier alpha value is -4.16. The van der Waals surface area contributed by atoms with Crippen LogP contribution in [0.25, 0.3) is 6.08 Å². The van der Waals surface area contributed by atoms with Crippen LogP contribution in [0.5, 0.6) is 11.5 Å². The lowest BCUT2D eigenvalue weighted by atomic mass is 10.2. The van der Waals surface area contributed by atoms with Gasteiger partial charge in [0.1, 0.15) is 23.0 Å². The van der Waals surface area contributed by atoms with Gasteiger partial charge in [-0.25, -0.2) is 0 Å². The minimum Gasteiger partial charge on any atom is -0.492 e. The smallest absolute Gasteiger partial charge is 0.339 e. The van der Waals surface area contributed by atoms with Gasteiger partial charge in [0.2, 0.25) is 0 Å². The number of para-hydroxylation sites is 1. The van der Waals surface area contributed by atoms with E-state index in [1.165, 1.54) is 30.3 Å². The summed E-state index contributed by atoms with van der Waals surface area (Å²) < 4.78 is 35.5. The summed E-state index contributed by atoms with van der Waals surface area (Å²) in [5.41, 5.74) is 0.313. The Morgan fingerprint density at radius 1 is 0.917 bits per heavy atom. The number of non-ortho nitro benzene ring substituents is 1. The molecule has 1 saturated heterocycles. The van der Waals surface area contributed by atoms with Gasteiger partial charge in [0.25, 0.3) is 16.8 Å². The Balaban J connectivity index is 1.38. The molecule has 12 heteroatoms. The third-order valence-electron chi connectivity index (χ3n) is 4.92. The molecule has 1 aliphatic heterocycles. The minimum absolute atomic E-state index is 0.0108. The van der Waals surface area contributed by atoms with Gasteiger partial charge in [0.05, 0.1) is 16.4 Å². The van der Waals surface area contributed by atoms with E-state index in [2.05, 4.69) is 0 Å². The van der Waals surface area contributed by atoms with Gasteiger partial charge in [-0.1, -0.05) is 30.3 Å². The third kappa shape index (κ3) is 5.90. The number of carbonyl (C=O) groups is 2. The molecule has 0 radical (unpaired) electrons. The van der Waals surface area contributed by atoms with E-state index in [0.29, 0.717) is 11.3 Å². The lowest BCUT2D eigenvalue weighted by Crippen LogP contribution is -2.32. The summed E-state index contributed by atoms with van der Waals surface area (Å²) in [6, 6.07) is 19.2. The van der Waals surface area contributed by atoms with Crippen molar-refractivity contribution in [3.63, 3.8) is 0 Å². The second-order valence-corrected chi connectivity index (χ2v) is 9.89. The fourth-order valence-electron chi connectivity index (χ4n) is 3.14. The van der Waals surface area contributed by atoms with Crippen LogP contribution in [0.15, 0.2) is 88.7 Å². The van der Waals surface area contributed by atoms with Crippen LogP contribution in [0.4, 0.5) is 10.5 Å². The van der Waals surface area contributed by atoms with Crippen molar-refractivity contribution in [1.82, 2.24) is 4.90 Å². The molecule has 36 heavy (non-hydrogen) atoms. The maximum absolute atomic E-state index is 12.7. The van der Waals surface area contributed by atoms with Crippen LogP contribution in [0.2, 0.25) is 0 Å². The molecule has 0 unspecified atom stereocenters. The van der Waals surface area contributed by atoms with E-state index in [1.54, 1.807) is 12.1 Å². The van der Waals surface area contributed by atoms with Crippen LogP contribution >= 0.6 is 11.8 Å². The Bertz CT molecular complexity index is 1420. The molecule has 0 aromatic heterocycles. The van der Waals surface area contributed by atoms with Gasteiger partial charge in [-0.3, -0.25) is 24.6 Å². The molecule has 0 aliphatic carbocycles. The Morgan fingerprint density at radius 2 is 1.58 bits per heavy atom. The number of thioether (sulfide) groups is 1. The molecule has 3 aromatic rings. The molecule has 0 saturated carbocycles. The third-order valence-corrected chi connectivity index (χ3v) is 7.09. The fourth-order valence-corrected chi connectivity index (χ4v) is 4.94.